The maximum atomic E-state index is 13.3. The Morgan fingerprint density at radius 3 is 2.52 bits per heavy atom. The number of hydrogen-bond acceptors (Lipinski definition) is 7. The Morgan fingerprint density at radius 2 is 1.80 bits per heavy atom. The van der Waals surface area contributed by atoms with Crippen molar-refractivity contribution < 1.29 is 34.1 Å². The number of nitrogens with one attached hydrogen (secondary N) is 1. The quantitative estimate of drug-likeness (QED) is 0.291. The van der Waals surface area contributed by atoms with Gasteiger partial charge in [0, 0.05) is 49.5 Å². The van der Waals surface area contributed by atoms with Crippen LogP contribution >= 0.6 is 0 Å². The number of rotatable bonds is 8. The lowest BCUT2D eigenvalue weighted by atomic mass is 10.0. The Balaban J connectivity index is 1.42. The van der Waals surface area contributed by atoms with Gasteiger partial charge in [-0.15, -0.1) is 0 Å². The van der Waals surface area contributed by atoms with Crippen LogP contribution < -0.4 is 5.32 Å². The van der Waals surface area contributed by atoms with Gasteiger partial charge in [-0.1, -0.05) is 36.1 Å². The zero-order valence-corrected chi connectivity index (χ0v) is 25.7. The van der Waals surface area contributed by atoms with Gasteiger partial charge in [0.1, 0.15) is 5.75 Å². The summed E-state index contributed by atoms with van der Waals surface area (Å²) in [5, 5.41) is 21.7. The van der Waals surface area contributed by atoms with Gasteiger partial charge in [-0.25, -0.2) is 9.59 Å². The number of piperidine rings is 1. The van der Waals surface area contributed by atoms with Crippen LogP contribution in [0, 0.1) is 13.8 Å². The molecule has 0 aliphatic carbocycles. The molecule has 1 atom stereocenters. The number of nitrogens with zero attached hydrogens (tertiary/aromatic N) is 4. The number of aliphatic imine (C=N–C) groups is 2. The Labute approximate surface area is 266 Å². The molecule has 0 unspecified atom stereocenters. The van der Waals surface area contributed by atoms with E-state index in [0.717, 1.165) is 23.9 Å². The number of para-hydroxylation sites is 1. The Hall–Kier alpha value is -5.62. The van der Waals surface area contributed by atoms with Crippen molar-refractivity contribution in [3.8, 4) is 5.75 Å². The van der Waals surface area contributed by atoms with Gasteiger partial charge >= 0.3 is 18.1 Å². The summed E-state index contributed by atoms with van der Waals surface area (Å²) in [4.78, 5) is 60.5. The van der Waals surface area contributed by atoms with E-state index >= 15 is 0 Å². The first kappa shape index (κ1) is 33.3. The number of carbonyl (C=O) groups is 4. The van der Waals surface area contributed by atoms with Crippen LogP contribution in [-0.4, -0.2) is 87.5 Å². The minimum Gasteiger partial charge on any atom is -0.507 e. The number of benzene rings is 2. The van der Waals surface area contributed by atoms with Crippen LogP contribution in [0.4, 0.5) is 15.3 Å². The van der Waals surface area contributed by atoms with Crippen molar-refractivity contribution >= 4 is 41.4 Å². The molecule has 4 rings (SSSR count). The van der Waals surface area contributed by atoms with E-state index in [2.05, 4.69) is 38.5 Å². The third kappa shape index (κ3) is 9.19. The molecule has 2 aromatic carbocycles. The highest BCUT2D eigenvalue weighted by Gasteiger charge is 2.33. The average molecular weight is 626 g/mol. The third-order valence-electron chi connectivity index (χ3n) is 7.66. The van der Waals surface area contributed by atoms with Crippen molar-refractivity contribution in [2.45, 2.75) is 58.1 Å². The average Bonchev–Trinajstić information content (AvgIpc) is 3.20. The molecule has 0 saturated carbocycles. The summed E-state index contributed by atoms with van der Waals surface area (Å²) in [6.07, 6.45) is 2.03. The maximum Gasteiger partial charge on any atom is 0.410 e. The van der Waals surface area contributed by atoms with E-state index in [0.29, 0.717) is 49.2 Å². The summed E-state index contributed by atoms with van der Waals surface area (Å²) in [5.41, 5.74) is 8.67. The Kier molecular flexibility index (Phi) is 11.5. The summed E-state index contributed by atoms with van der Waals surface area (Å²) >= 11 is 0. The number of carboxylic acid groups (broad SMARTS) is 1. The lowest BCUT2D eigenvalue weighted by Gasteiger charge is -2.37. The predicted octanol–water partition coefficient (Wildman–Crippen LogP) is 4.33. The minimum atomic E-state index is -1.28. The summed E-state index contributed by atoms with van der Waals surface area (Å²) in [7, 11) is 0. The highest BCUT2D eigenvalue weighted by Crippen LogP contribution is 2.26. The number of aliphatic carboxylic acids is 1. The van der Waals surface area contributed by atoms with E-state index in [4.69, 9.17) is 9.84 Å². The van der Waals surface area contributed by atoms with Crippen molar-refractivity contribution in [3.63, 3.8) is 0 Å². The molecule has 0 bridgehead atoms. The van der Waals surface area contributed by atoms with Crippen LogP contribution in [0.15, 0.2) is 70.1 Å². The highest BCUT2D eigenvalue weighted by molar-refractivity contribution is 5.91. The lowest BCUT2D eigenvalue weighted by Crippen LogP contribution is -2.50. The summed E-state index contributed by atoms with van der Waals surface area (Å²) in [6.45, 7) is 4.73. The van der Waals surface area contributed by atoms with E-state index in [1.165, 1.54) is 11.0 Å². The standard InChI is InChI=1S/C34H35N5O7/c1-23-20-25(21-24(2)31(23)42)22-29(32(43)36-16-7-15-35-14-6-5-10-30(40)41)46-34(45)38-17-12-27(13-18-38)39-19-11-26-8-3-4-9-28(26)37-33(39)44/h3-5,8-9,15,20-21,27,29,42H,10-13,17-19,22H2,1-2H3,(H,37,44)(H,40,41)/t29-/m1/s1. The van der Waals surface area contributed by atoms with Gasteiger partial charge in [0.2, 0.25) is 0 Å². The van der Waals surface area contributed by atoms with Gasteiger partial charge in [-0.05, 0) is 73.2 Å². The first-order valence-corrected chi connectivity index (χ1v) is 14.8. The summed E-state index contributed by atoms with van der Waals surface area (Å²) in [5.74, 6) is 3.03. The van der Waals surface area contributed by atoms with Crippen LogP contribution in [-0.2, 0) is 27.2 Å². The molecule has 0 aromatic heterocycles. The molecule has 0 spiro atoms. The van der Waals surface area contributed by atoms with E-state index < -0.39 is 24.1 Å². The fourth-order valence-corrected chi connectivity index (χ4v) is 5.33. The van der Waals surface area contributed by atoms with Gasteiger partial charge in [-0.2, -0.15) is 9.98 Å². The van der Waals surface area contributed by atoms with Gasteiger partial charge in [-0.3, -0.25) is 9.59 Å². The second-order valence-electron chi connectivity index (χ2n) is 10.9. The second kappa shape index (κ2) is 15.9. The molecule has 46 heavy (non-hydrogen) atoms. The zero-order chi connectivity index (χ0) is 33.1. The largest absolute Gasteiger partial charge is 0.507 e. The number of aryl methyl sites for hydroxylation is 2. The number of carbonyl (C=O) groups excluding carboxylic acids is 3. The number of ether oxygens (including phenoxy) is 1. The summed E-state index contributed by atoms with van der Waals surface area (Å²) in [6, 6.07) is 10.9. The van der Waals surface area contributed by atoms with Crippen LogP contribution in [0.25, 0.3) is 0 Å². The maximum absolute atomic E-state index is 13.3. The molecule has 1 saturated heterocycles. The van der Waals surface area contributed by atoms with Crippen LogP contribution in [0.3, 0.4) is 0 Å². The molecule has 4 amide bonds. The van der Waals surface area contributed by atoms with Gasteiger partial charge in [0.05, 0.1) is 12.6 Å². The first-order valence-electron chi connectivity index (χ1n) is 14.8. The van der Waals surface area contributed by atoms with Crippen LogP contribution in [0.1, 0.15) is 41.5 Å². The van der Waals surface area contributed by atoms with Crippen molar-refractivity contribution in [2.75, 3.05) is 25.0 Å². The number of carboxylic acids is 1. The molecule has 2 aliphatic heterocycles. The fourth-order valence-electron chi connectivity index (χ4n) is 5.33. The van der Waals surface area contributed by atoms with E-state index in [1.807, 2.05) is 29.2 Å². The number of amides is 4. The second-order valence-corrected chi connectivity index (χ2v) is 10.9. The van der Waals surface area contributed by atoms with Crippen LogP contribution in [0.5, 0.6) is 5.75 Å². The number of aromatic hydroxyl groups is 1. The molecule has 0 radical (unpaired) electrons. The number of urea groups is 1. The molecule has 12 heteroatoms. The smallest absolute Gasteiger partial charge is 0.410 e. The minimum absolute atomic E-state index is 0.0155. The Bertz CT molecular complexity index is 1680. The Morgan fingerprint density at radius 1 is 1.09 bits per heavy atom. The molecular weight excluding hydrogens is 590 g/mol. The number of anilines is 1. The molecule has 2 heterocycles. The fraction of sp³-hybridized carbons (Fsp3) is 0.353. The molecule has 2 aromatic rings. The molecular formula is C34H35N5O7. The number of fused-ring (bicyclic) bond motifs is 1. The number of hydrogen-bond donors (Lipinski definition) is 3. The zero-order valence-electron chi connectivity index (χ0n) is 25.7. The molecule has 3 N–H and O–H groups in total. The van der Waals surface area contributed by atoms with E-state index in [-0.39, 0.29) is 30.7 Å². The topological polar surface area (TPSA) is 161 Å². The van der Waals surface area contributed by atoms with Crippen LogP contribution in [0.2, 0.25) is 0 Å². The van der Waals surface area contributed by atoms with Crippen molar-refractivity contribution in [1.29, 1.82) is 0 Å². The lowest BCUT2D eigenvalue weighted by molar-refractivity contribution is -0.136. The van der Waals surface area contributed by atoms with E-state index in [1.54, 1.807) is 26.0 Å². The number of phenolic OH excluding ortho intramolecular Hbond substituents is 1. The number of phenols is 1. The molecule has 238 valence electrons. The molecule has 2 aliphatic rings. The van der Waals surface area contributed by atoms with E-state index in [9.17, 15) is 24.3 Å². The molecule has 1 fully saturated rings. The van der Waals surface area contributed by atoms with Gasteiger partial charge in [0.25, 0.3) is 5.91 Å². The molecule has 12 nitrogen and oxygen atoms in total. The third-order valence-corrected chi connectivity index (χ3v) is 7.66. The van der Waals surface area contributed by atoms with Crippen molar-refractivity contribution in [1.82, 2.24) is 9.80 Å². The van der Waals surface area contributed by atoms with Crippen molar-refractivity contribution in [2.24, 2.45) is 9.98 Å². The SMILES string of the molecule is Cc1cc(C[C@@H](OC(=O)N2CCC(N3CCc4ccccc4NC3=O)CC2)C(=O)N=C=C=CN=C=C=CCC(=O)O)cc(C)c1O. The number of likely N-dealkylation sites (tertiary alicyclic amines) is 1. The predicted molar refractivity (Wildman–Crippen MR) is 170 cm³/mol. The monoisotopic (exact) mass is 625 g/mol. The normalized spacial score (nSPS) is 14.9. The van der Waals surface area contributed by atoms with Gasteiger partial charge < -0.3 is 30.1 Å². The summed E-state index contributed by atoms with van der Waals surface area (Å²) < 4.78 is 5.68. The highest BCUT2D eigenvalue weighted by atomic mass is 16.6. The van der Waals surface area contributed by atoms with Crippen molar-refractivity contribution in [3.05, 3.63) is 82.4 Å². The first-order chi connectivity index (χ1) is 22.1. The van der Waals surface area contributed by atoms with Gasteiger partial charge in [0.15, 0.2) is 6.10 Å².